The van der Waals surface area contributed by atoms with Crippen molar-refractivity contribution in [2.24, 2.45) is 0 Å². The molecule has 1 saturated heterocycles. The fraction of sp³-hybridized carbons (Fsp3) is 0.480. The highest BCUT2D eigenvalue weighted by atomic mass is 19.4. The van der Waals surface area contributed by atoms with Gasteiger partial charge < -0.3 is 15.7 Å². The number of amides is 2. The van der Waals surface area contributed by atoms with E-state index in [0.717, 1.165) is 49.6 Å². The standard InChI is InChI=1S/C25H29F3N4O3/c26-25(27,28)19-3-1-2-17(14-19)23(34)30-15-22(33)31-20-8-13-32(16-20)21-4-9-24(35,10-5-21)18-6-11-29-12-7-18/h1-3,6-7,11-12,14,20-21,35H,4-5,8-10,13,15-16H2,(H,30,34)(H,31,33). The van der Waals surface area contributed by atoms with E-state index in [2.05, 4.69) is 20.5 Å². The summed E-state index contributed by atoms with van der Waals surface area (Å²) in [7, 11) is 0. The zero-order valence-electron chi connectivity index (χ0n) is 19.2. The molecule has 3 N–H and O–H groups in total. The molecule has 2 fully saturated rings. The monoisotopic (exact) mass is 490 g/mol. The fourth-order valence-electron chi connectivity index (χ4n) is 5.01. The first kappa shape index (κ1) is 25.1. The molecule has 1 aromatic heterocycles. The number of carbonyl (C=O) groups excluding carboxylic acids is 2. The van der Waals surface area contributed by atoms with Gasteiger partial charge in [0.15, 0.2) is 0 Å². The summed E-state index contributed by atoms with van der Waals surface area (Å²) < 4.78 is 38.5. The Hall–Kier alpha value is -2.98. The number of carbonyl (C=O) groups is 2. The van der Waals surface area contributed by atoms with E-state index in [4.69, 9.17) is 0 Å². The van der Waals surface area contributed by atoms with Crippen molar-refractivity contribution in [1.82, 2.24) is 20.5 Å². The largest absolute Gasteiger partial charge is 0.416 e. The molecule has 10 heteroatoms. The number of halogens is 3. The highest BCUT2D eigenvalue weighted by molar-refractivity contribution is 5.96. The van der Waals surface area contributed by atoms with Gasteiger partial charge in [0.05, 0.1) is 17.7 Å². The summed E-state index contributed by atoms with van der Waals surface area (Å²) in [6.45, 7) is 1.21. The molecule has 2 amide bonds. The molecule has 188 valence electrons. The minimum Gasteiger partial charge on any atom is -0.385 e. The Morgan fingerprint density at radius 3 is 2.51 bits per heavy atom. The van der Waals surface area contributed by atoms with Crippen LogP contribution in [0.25, 0.3) is 0 Å². The molecule has 2 heterocycles. The molecule has 1 aliphatic heterocycles. The quantitative estimate of drug-likeness (QED) is 0.579. The molecule has 0 spiro atoms. The van der Waals surface area contributed by atoms with Gasteiger partial charge in [-0.25, -0.2) is 0 Å². The Labute approximate surface area is 201 Å². The van der Waals surface area contributed by atoms with Gasteiger partial charge in [0.1, 0.15) is 0 Å². The summed E-state index contributed by atoms with van der Waals surface area (Å²) in [4.78, 5) is 30.9. The number of likely N-dealkylation sites (tertiary alicyclic amines) is 1. The number of nitrogens with zero attached hydrogens (tertiary/aromatic N) is 2. The lowest BCUT2D eigenvalue weighted by atomic mass is 9.77. The van der Waals surface area contributed by atoms with Crippen molar-refractivity contribution in [3.8, 4) is 0 Å². The molecule has 0 bridgehead atoms. The number of pyridine rings is 1. The number of benzene rings is 1. The van der Waals surface area contributed by atoms with Crippen LogP contribution in [0, 0.1) is 0 Å². The number of nitrogens with one attached hydrogen (secondary N) is 2. The molecule has 0 radical (unpaired) electrons. The van der Waals surface area contributed by atoms with Gasteiger partial charge in [-0.15, -0.1) is 0 Å². The second-order valence-electron chi connectivity index (χ2n) is 9.31. The van der Waals surface area contributed by atoms with Gasteiger partial charge in [-0.3, -0.25) is 19.5 Å². The van der Waals surface area contributed by atoms with E-state index in [1.165, 1.54) is 6.07 Å². The number of hydrogen-bond acceptors (Lipinski definition) is 5. The van der Waals surface area contributed by atoms with Crippen molar-refractivity contribution in [3.05, 3.63) is 65.5 Å². The van der Waals surface area contributed by atoms with Crippen LogP contribution in [-0.4, -0.2) is 58.5 Å². The zero-order valence-corrected chi connectivity index (χ0v) is 19.2. The van der Waals surface area contributed by atoms with Crippen LogP contribution in [0.4, 0.5) is 13.2 Å². The molecule has 35 heavy (non-hydrogen) atoms. The van der Waals surface area contributed by atoms with Crippen LogP contribution in [0.5, 0.6) is 0 Å². The lowest BCUT2D eigenvalue weighted by Gasteiger charge is -2.39. The molecule has 7 nitrogen and oxygen atoms in total. The first-order valence-electron chi connectivity index (χ1n) is 11.8. The van der Waals surface area contributed by atoms with E-state index < -0.39 is 23.2 Å². The van der Waals surface area contributed by atoms with Crippen molar-refractivity contribution in [2.45, 2.75) is 56.0 Å². The first-order chi connectivity index (χ1) is 16.6. The first-order valence-corrected chi connectivity index (χ1v) is 11.8. The third-order valence-corrected chi connectivity index (χ3v) is 6.96. The molecule has 2 aliphatic rings. The normalized spacial score (nSPS) is 25.3. The number of rotatable bonds is 6. The van der Waals surface area contributed by atoms with E-state index in [-0.39, 0.29) is 24.1 Å². The van der Waals surface area contributed by atoms with Gasteiger partial charge >= 0.3 is 6.18 Å². The van der Waals surface area contributed by atoms with Gasteiger partial charge in [-0.2, -0.15) is 13.2 Å². The summed E-state index contributed by atoms with van der Waals surface area (Å²) in [6.07, 6.45) is 2.65. The SMILES string of the molecule is O=C(CNC(=O)c1cccc(C(F)(F)F)c1)NC1CCN(C2CCC(O)(c3ccncc3)CC2)C1. The van der Waals surface area contributed by atoms with Gasteiger partial charge in [0.25, 0.3) is 5.91 Å². The number of aromatic nitrogens is 1. The predicted molar refractivity (Wildman–Crippen MR) is 122 cm³/mol. The van der Waals surface area contributed by atoms with Crippen LogP contribution < -0.4 is 10.6 Å². The number of aliphatic hydroxyl groups is 1. The Morgan fingerprint density at radius 1 is 1.11 bits per heavy atom. The van der Waals surface area contributed by atoms with E-state index >= 15 is 0 Å². The summed E-state index contributed by atoms with van der Waals surface area (Å²) in [6, 6.07) is 8.07. The van der Waals surface area contributed by atoms with Crippen LogP contribution in [0.15, 0.2) is 48.8 Å². The van der Waals surface area contributed by atoms with E-state index in [1.807, 2.05) is 12.1 Å². The van der Waals surface area contributed by atoms with Gasteiger partial charge in [-0.05, 0) is 68.0 Å². The van der Waals surface area contributed by atoms with Crippen molar-refractivity contribution >= 4 is 11.8 Å². The maximum Gasteiger partial charge on any atom is 0.416 e. The van der Waals surface area contributed by atoms with Crippen molar-refractivity contribution < 1.29 is 27.9 Å². The lowest BCUT2D eigenvalue weighted by molar-refractivity contribution is -0.137. The third-order valence-electron chi connectivity index (χ3n) is 6.96. The van der Waals surface area contributed by atoms with Crippen LogP contribution in [-0.2, 0) is 16.6 Å². The Kier molecular flexibility index (Phi) is 7.42. The zero-order chi connectivity index (χ0) is 25.1. The summed E-state index contributed by atoms with van der Waals surface area (Å²) in [5.41, 5.74) is -0.999. The Balaban J connectivity index is 1.21. The van der Waals surface area contributed by atoms with Crippen LogP contribution >= 0.6 is 0 Å². The maximum absolute atomic E-state index is 12.8. The van der Waals surface area contributed by atoms with Crippen molar-refractivity contribution in [1.29, 1.82) is 0 Å². The van der Waals surface area contributed by atoms with Crippen molar-refractivity contribution in [2.75, 3.05) is 19.6 Å². The van der Waals surface area contributed by atoms with Crippen LogP contribution in [0.1, 0.15) is 53.6 Å². The molecule has 1 aromatic carbocycles. The second kappa shape index (κ2) is 10.3. The Morgan fingerprint density at radius 2 is 1.83 bits per heavy atom. The van der Waals surface area contributed by atoms with E-state index in [9.17, 15) is 27.9 Å². The third kappa shape index (κ3) is 6.18. The molecule has 2 aromatic rings. The van der Waals surface area contributed by atoms with Gasteiger partial charge in [0, 0.05) is 43.1 Å². The topological polar surface area (TPSA) is 94.6 Å². The van der Waals surface area contributed by atoms with E-state index in [0.29, 0.717) is 25.4 Å². The average molecular weight is 491 g/mol. The summed E-state index contributed by atoms with van der Waals surface area (Å²) in [5, 5.41) is 16.3. The molecular formula is C25H29F3N4O3. The summed E-state index contributed by atoms with van der Waals surface area (Å²) >= 11 is 0. The fourth-order valence-corrected chi connectivity index (χ4v) is 5.01. The molecular weight excluding hydrogens is 461 g/mol. The minimum atomic E-state index is -4.54. The molecule has 1 aliphatic carbocycles. The second-order valence-corrected chi connectivity index (χ2v) is 9.31. The van der Waals surface area contributed by atoms with Crippen LogP contribution in [0.3, 0.4) is 0 Å². The molecule has 1 unspecified atom stereocenters. The lowest BCUT2D eigenvalue weighted by Crippen LogP contribution is -2.45. The highest BCUT2D eigenvalue weighted by Crippen LogP contribution is 2.39. The van der Waals surface area contributed by atoms with Gasteiger partial charge in [-0.1, -0.05) is 6.07 Å². The average Bonchev–Trinajstić information content (AvgIpc) is 3.31. The van der Waals surface area contributed by atoms with Crippen molar-refractivity contribution in [3.63, 3.8) is 0 Å². The van der Waals surface area contributed by atoms with E-state index in [1.54, 1.807) is 12.4 Å². The summed E-state index contributed by atoms with van der Waals surface area (Å²) in [5.74, 6) is -1.11. The molecule has 1 saturated carbocycles. The maximum atomic E-state index is 12.8. The predicted octanol–water partition coefficient (Wildman–Crippen LogP) is 2.85. The highest BCUT2D eigenvalue weighted by Gasteiger charge is 2.38. The molecule has 4 rings (SSSR count). The minimum absolute atomic E-state index is 0.0611. The number of alkyl halides is 3. The van der Waals surface area contributed by atoms with Crippen LogP contribution in [0.2, 0.25) is 0 Å². The number of hydrogen-bond donors (Lipinski definition) is 3. The Bertz CT molecular complexity index is 1040. The molecule has 1 atom stereocenters. The van der Waals surface area contributed by atoms with Gasteiger partial charge in [0.2, 0.25) is 5.91 Å². The smallest absolute Gasteiger partial charge is 0.385 e.